The van der Waals surface area contributed by atoms with Gasteiger partial charge in [0.05, 0.1) is 6.07 Å². The van der Waals surface area contributed by atoms with Crippen molar-refractivity contribution in [2.75, 3.05) is 5.88 Å². The molecule has 0 aliphatic carbocycles. The Morgan fingerprint density at radius 1 is 1.31 bits per heavy atom. The van der Waals surface area contributed by atoms with E-state index in [2.05, 4.69) is 11.4 Å². The van der Waals surface area contributed by atoms with Crippen LogP contribution in [0.3, 0.4) is 0 Å². The van der Waals surface area contributed by atoms with E-state index in [9.17, 15) is 0 Å². The molecule has 3 heteroatoms. The Morgan fingerprint density at radius 2 is 1.77 bits per heavy atom. The second-order valence-corrected chi connectivity index (χ2v) is 5.35. The zero-order chi connectivity index (χ0) is 10.7. The number of hydrogen-bond acceptors (Lipinski definition) is 2. The lowest BCUT2D eigenvalue weighted by molar-refractivity contribution is 0.267. The minimum absolute atomic E-state index is 0.0519. The van der Waals surface area contributed by atoms with Gasteiger partial charge >= 0.3 is 0 Å². The van der Waals surface area contributed by atoms with Crippen molar-refractivity contribution in [2.24, 2.45) is 5.41 Å². The number of hydrogen-bond donors (Lipinski definition) is 1. The van der Waals surface area contributed by atoms with Crippen molar-refractivity contribution in [1.29, 1.82) is 5.26 Å². The standard InChI is InChI=1S/C10H19ClN2/c1-9(2,3)13-8(6-12)10(4,5)7-11/h8,13H,7H2,1-5H3. The molecule has 0 amide bonds. The summed E-state index contributed by atoms with van der Waals surface area (Å²) in [6.07, 6.45) is 0. The fourth-order valence-corrected chi connectivity index (χ4v) is 1.07. The van der Waals surface area contributed by atoms with Gasteiger partial charge in [-0.3, -0.25) is 5.32 Å². The molecule has 0 fully saturated rings. The number of halogens is 1. The predicted molar refractivity (Wildman–Crippen MR) is 56.8 cm³/mol. The van der Waals surface area contributed by atoms with Gasteiger partial charge in [-0.05, 0) is 20.8 Å². The maximum atomic E-state index is 8.98. The van der Waals surface area contributed by atoms with Crippen molar-refractivity contribution >= 4 is 11.6 Å². The molecular formula is C10H19ClN2. The summed E-state index contributed by atoms with van der Waals surface area (Å²) in [6, 6.07) is 2.05. The lowest BCUT2D eigenvalue weighted by atomic mass is 9.86. The fraction of sp³-hybridized carbons (Fsp3) is 0.900. The predicted octanol–water partition coefficient (Wildman–Crippen LogP) is 2.53. The monoisotopic (exact) mass is 202 g/mol. The number of nitriles is 1. The van der Waals surface area contributed by atoms with Crippen molar-refractivity contribution in [3.8, 4) is 6.07 Å². The zero-order valence-corrected chi connectivity index (χ0v) is 9.87. The second-order valence-electron chi connectivity index (χ2n) is 5.08. The average Bonchev–Trinajstić information content (AvgIpc) is 1.98. The summed E-state index contributed by atoms with van der Waals surface area (Å²) in [5.41, 5.74) is -0.243. The minimum Gasteiger partial charge on any atom is -0.297 e. The molecule has 0 bridgehead atoms. The highest BCUT2D eigenvalue weighted by molar-refractivity contribution is 6.18. The van der Waals surface area contributed by atoms with Gasteiger partial charge in [-0.25, -0.2) is 0 Å². The zero-order valence-electron chi connectivity index (χ0n) is 9.11. The van der Waals surface area contributed by atoms with E-state index in [1.54, 1.807) is 0 Å². The first-order valence-electron chi connectivity index (χ1n) is 4.46. The molecule has 0 aromatic carbocycles. The van der Waals surface area contributed by atoms with Crippen LogP contribution in [0.25, 0.3) is 0 Å². The molecule has 0 aromatic rings. The average molecular weight is 203 g/mol. The quantitative estimate of drug-likeness (QED) is 0.714. The summed E-state index contributed by atoms with van der Waals surface area (Å²) in [6.45, 7) is 10.1. The van der Waals surface area contributed by atoms with Gasteiger partial charge in [0.2, 0.25) is 0 Å². The van der Waals surface area contributed by atoms with Gasteiger partial charge < -0.3 is 0 Å². The Kier molecular flexibility index (Phi) is 4.22. The molecule has 0 aliphatic rings. The molecule has 0 saturated carbocycles. The third-order valence-electron chi connectivity index (χ3n) is 1.83. The lowest BCUT2D eigenvalue weighted by Crippen LogP contribution is -2.50. The van der Waals surface area contributed by atoms with E-state index < -0.39 is 0 Å². The molecule has 0 spiro atoms. The SMILES string of the molecule is CC(C)(C)NC(C#N)C(C)(C)CCl. The van der Waals surface area contributed by atoms with Gasteiger partial charge in [0.25, 0.3) is 0 Å². The molecule has 0 aromatic heterocycles. The molecular weight excluding hydrogens is 184 g/mol. The van der Waals surface area contributed by atoms with E-state index in [1.807, 2.05) is 34.6 Å². The highest BCUT2D eigenvalue weighted by Crippen LogP contribution is 2.23. The van der Waals surface area contributed by atoms with Crippen molar-refractivity contribution in [2.45, 2.75) is 46.2 Å². The summed E-state index contributed by atoms with van der Waals surface area (Å²) in [5.74, 6) is 0.480. The molecule has 76 valence electrons. The van der Waals surface area contributed by atoms with Crippen LogP contribution in [0.2, 0.25) is 0 Å². The molecule has 1 N–H and O–H groups in total. The molecule has 13 heavy (non-hydrogen) atoms. The Balaban J connectivity index is 4.47. The van der Waals surface area contributed by atoms with Crippen LogP contribution in [0, 0.1) is 16.7 Å². The topological polar surface area (TPSA) is 35.8 Å². The summed E-state index contributed by atoms with van der Waals surface area (Å²) >= 11 is 5.80. The fourth-order valence-electron chi connectivity index (χ4n) is 0.913. The number of nitrogens with zero attached hydrogens (tertiary/aromatic N) is 1. The van der Waals surface area contributed by atoms with Crippen molar-refractivity contribution < 1.29 is 0 Å². The third-order valence-corrected chi connectivity index (χ3v) is 2.52. The van der Waals surface area contributed by atoms with E-state index in [0.717, 1.165) is 0 Å². The summed E-state index contributed by atoms with van der Waals surface area (Å²) in [5, 5.41) is 12.2. The summed E-state index contributed by atoms with van der Waals surface area (Å²) < 4.78 is 0. The van der Waals surface area contributed by atoms with Crippen LogP contribution in [-0.4, -0.2) is 17.5 Å². The van der Waals surface area contributed by atoms with Gasteiger partial charge in [-0.15, -0.1) is 11.6 Å². The smallest absolute Gasteiger partial charge is 0.102 e. The first-order chi connectivity index (χ1) is 5.73. The summed E-state index contributed by atoms with van der Waals surface area (Å²) in [4.78, 5) is 0. The van der Waals surface area contributed by atoms with E-state index in [-0.39, 0.29) is 17.0 Å². The van der Waals surface area contributed by atoms with Crippen LogP contribution in [0.15, 0.2) is 0 Å². The van der Waals surface area contributed by atoms with Gasteiger partial charge in [-0.1, -0.05) is 13.8 Å². The van der Waals surface area contributed by atoms with Gasteiger partial charge in [-0.2, -0.15) is 5.26 Å². The summed E-state index contributed by atoms with van der Waals surface area (Å²) in [7, 11) is 0. The molecule has 0 rings (SSSR count). The van der Waals surface area contributed by atoms with Gasteiger partial charge in [0.1, 0.15) is 6.04 Å². The normalized spacial score (nSPS) is 15.2. The Bertz CT molecular complexity index is 198. The Labute approximate surface area is 86.3 Å². The molecule has 1 unspecified atom stereocenters. The highest BCUT2D eigenvalue weighted by atomic mass is 35.5. The molecule has 1 atom stereocenters. The first-order valence-corrected chi connectivity index (χ1v) is 4.99. The van der Waals surface area contributed by atoms with Crippen molar-refractivity contribution in [3.63, 3.8) is 0 Å². The molecule has 2 nitrogen and oxygen atoms in total. The van der Waals surface area contributed by atoms with Crippen LogP contribution in [0.5, 0.6) is 0 Å². The number of rotatable bonds is 3. The van der Waals surface area contributed by atoms with Crippen LogP contribution < -0.4 is 5.32 Å². The van der Waals surface area contributed by atoms with Crippen LogP contribution >= 0.6 is 11.6 Å². The molecule has 0 heterocycles. The van der Waals surface area contributed by atoms with E-state index >= 15 is 0 Å². The van der Waals surface area contributed by atoms with E-state index in [1.165, 1.54) is 0 Å². The van der Waals surface area contributed by atoms with Crippen molar-refractivity contribution in [3.05, 3.63) is 0 Å². The maximum Gasteiger partial charge on any atom is 0.102 e. The Hall–Kier alpha value is -0.260. The number of alkyl halides is 1. The third kappa shape index (κ3) is 4.50. The van der Waals surface area contributed by atoms with Crippen LogP contribution in [0.1, 0.15) is 34.6 Å². The maximum absolute atomic E-state index is 8.98. The Morgan fingerprint density at radius 3 is 2.00 bits per heavy atom. The van der Waals surface area contributed by atoms with Crippen molar-refractivity contribution in [1.82, 2.24) is 5.32 Å². The minimum atomic E-state index is -0.204. The largest absolute Gasteiger partial charge is 0.297 e. The molecule has 0 saturated heterocycles. The molecule has 0 aliphatic heterocycles. The van der Waals surface area contributed by atoms with E-state index in [0.29, 0.717) is 5.88 Å². The lowest BCUT2D eigenvalue weighted by Gasteiger charge is -2.33. The first kappa shape index (κ1) is 12.7. The molecule has 0 radical (unpaired) electrons. The second kappa shape index (κ2) is 4.30. The van der Waals surface area contributed by atoms with E-state index in [4.69, 9.17) is 16.9 Å². The van der Waals surface area contributed by atoms with Gasteiger partial charge in [0.15, 0.2) is 0 Å². The van der Waals surface area contributed by atoms with Crippen LogP contribution in [-0.2, 0) is 0 Å². The van der Waals surface area contributed by atoms with Gasteiger partial charge in [0, 0.05) is 16.8 Å². The van der Waals surface area contributed by atoms with Crippen LogP contribution in [0.4, 0.5) is 0 Å². The highest BCUT2D eigenvalue weighted by Gasteiger charge is 2.31. The number of nitrogens with one attached hydrogen (secondary N) is 1.